The topological polar surface area (TPSA) is 36.1 Å². The molecule has 3 heteroatoms. The van der Waals surface area contributed by atoms with Gasteiger partial charge in [0.15, 0.2) is 0 Å². The van der Waals surface area contributed by atoms with Crippen molar-refractivity contribution in [1.29, 1.82) is 0 Å². The second-order valence-corrected chi connectivity index (χ2v) is 7.25. The first-order valence-electron chi connectivity index (χ1n) is 8.92. The summed E-state index contributed by atoms with van der Waals surface area (Å²) in [4.78, 5) is 0. The summed E-state index contributed by atoms with van der Waals surface area (Å²) in [6.07, 6.45) is 1.18. The van der Waals surface area contributed by atoms with E-state index in [1.165, 1.54) is 12.1 Å². The standard InChI is InChI=1S/C21H31N3/c1-15(2)14-17(5)23-19-8-12-21(13-9-19)24-20-10-6-18(7-11-20)22-16(3)4/h6-13,15-17,22-24H,14H2,1-5H3. The summed E-state index contributed by atoms with van der Waals surface area (Å²) < 4.78 is 0. The number of benzene rings is 2. The predicted octanol–water partition coefficient (Wildman–Crippen LogP) is 6.10. The maximum absolute atomic E-state index is 3.55. The van der Waals surface area contributed by atoms with Gasteiger partial charge in [-0.05, 0) is 81.6 Å². The van der Waals surface area contributed by atoms with Crippen LogP contribution in [0.1, 0.15) is 41.0 Å². The third-order valence-electron chi connectivity index (χ3n) is 3.75. The van der Waals surface area contributed by atoms with Gasteiger partial charge in [0.25, 0.3) is 0 Å². The third-order valence-corrected chi connectivity index (χ3v) is 3.75. The van der Waals surface area contributed by atoms with Gasteiger partial charge in [0.05, 0.1) is 0 Å². The number of rotatable bonds is 8. The molecule has 0 aliphatic carbocycles. The minimum atomic E-state index is 0.446. The molecule has 1 atom stereocenters. The van der Waals surface area contributed by atoms with Crippen LogP contribution in [-0.2, 0) is 0 Å². The van der Waals surface area contributed by atoms with Crippen molar-refractivity contribution in [2.75, 3.05) is 16.0 Å². The van der Waals surface area contributed by atoms with E-state index in [9.17, 15) is 0 Å². The molecule has 0 fully saturated rings. The fourth-order valence-corrected chi connectivity index (χ4v) is 2.85. The van der Waals surface area contributed by atoms with E-state index < -0.39 is 0 Å². The van der Waals surface area contributed by atoms with E-state index in [1.54, 1.807) is 0 Å². The van der Waals surface area contributed by atoms with Crippen LogP contribution in [-0.4, -0.2) is 12.1 Å². The molecule has 0 amide bonds. The van der Waals surface area contributed by atoms with Gasteiger partial charge in [0, 0.05) is 34.8 Å². The van der Waals surface area contributed by atoms with Gasteiger partial charge in [-0.25, -0.2) is 0 Å². The molecule has 0 radical (unpaired) electrons. The van der Waals surface area contributed by atoms with Gasteiger partial charge in [-0.2, -0.15) is 0 Å². The molecule has 0 spiro atoms. The van der Waals surface area contributed by atoms with Crippen molar-refractivity contribution in [3.63, 3.8) is 0 Å². The highest BCUT2D eigenvalue weighted by Crippen LogP contribution is 2.21. The normalized spacial score (nSPS) is 12.3. The minimum Gasteiger partial charge on any atom is -0.383 e. The number of anilines is 4. The van der Waals surface area contributed by atoms with Gasteiger partial charge < -0.3 is 16.0 Å². The summed E-state index contributed by atoms with van der Waals surface area (Å²) in [6, 6.07) is 17.8. The number of hydrogen-bond acceptors (Lipinski definition) is 3. The van der Waals surface area contributed by atoms with Crippen LogP contribution >= 0.6 is 0 Å². The van der Waals surface area contributed by atoms with Gasteiger partial charge in [-0.1, -0.05) is 13.8 Å². The molecule has 3 nitrogen and oxygen atoms in total. The zero-order valence-electron chi connectivity index (χ0n) is 15.6. The summed E-state index contributed by atoms with van der Waals surface area (Å²) in [7, 11) is 0. The van der Waals surface area contributed by atoms with E-state index in [1.807, 2.05) is 0 Å². The van der Waals surface area contributed by atoms with E-state index in [0.29, 0.717) is 18.0 Å². The van der Waals surface area contributed by atoms with E-state index >= 15 is 0 Å². The molecule has 0 aliphatic heterocycles. The van der Waals surface area contributed by atoms with Crippen LogP contribution in [0.3, 0.4) is 0 Å². The Morgan fingerprint density at radius 2 is 1.04 bits per heavy atom. The van der Waals surface area contributed by atoms with Crippen molar-refractivity contribution in [1.82, 2.24) is 0 Å². The second-order valence-electron chi connectivity index (χ2n) is 7.25. The molecule has 0 saturated heterocycles. The van der Waals surface area contributed by atoms with Crippen molar-refractivity contribution in [2.45, 2.75) is 53.1 Å². The molecule has 0 heterocycles. The Kier molecular flexibility index (Phi) is 6.53. The van der Waals surface area contributed by atoms with Gasteiger partial charge in [-0.15, -0.1) is 0 Å². The first-order chi connectivity index (χ1) is 11.4. The molecule has 0 saturated carbocycles. The van der Waals surface area contributed by atoms with Crippen molar-refractivity contribution >= 4 is 22.7 Å². The Morgan fingerprint density at radius 3 is 1.46 bits per heavy atom. The van der Waals surface area contributed by atoms with Crippen LogP contribution in [0, 0.1) is 5.92 Å². The highest BCUT2D eigenvalue weighted by atomic mass is 14.9. The van der Waals surface area contributed by atoms with Gasteiger partial charge in [0.1, 0.15) is 0 Å². The zero-order chi connectivity index (χ0) is 17.5. The molecule has 2 rings (SSSR count). The summed E-state index contributed by atoms with van der Waals surface area (Å²) in [5.41, 5.74) is 4.51. The Balaban J connectivity index is 1.91. The van der Waals surface area contributed by atoms with Crippen LogP contribution < -0.4 is 16.0 Å². The average molecular weight is 326 g/mol. The lowest BCUT2D eigenvalue weighted by molar-refractivity contribution is 0.540. The number of hydrogen-bond donors (Lipinski definition) is 3. The van der Waals surface area contributed by atoms with Gasteiger partial charge in [0.2, 0.25) is 0 Å². The van der Waals surface area contributed by atoms with Crippen molar-refractivity contribution in [3.05, 3.63) is 48.5 Å². The molecule has 3 N–H and O–H groups in total. The molecule has 0 bridgehead atoms. The van der Waals surface area contributed by atoms with Crippen molar-refractivity contribution in [2.24, 2.45) is 5.92 Å². The lowest BCUT2D eigenvalue weighted by atomic mass is 10.1. The highest BCUT2D eigenvalue weighted by Gasteiger charge is 2.05. The fraction of sp³-hybridized carbons (Fsp3) is 0.429. The molecule has 0 aromatic heterocycles. The smallest absolute Gasteiger partial charge is 0.0385 e. The lowest BCUT2D eigenvalue weighted by Crippen LogP contribution is -2.17. The van der Waals surface area contributed by atoms with Gasteiger partial charge >= 0.3 is 0 Å². The van der Waals surface area contributed by atoms with Crippen LogP contribution in [0.25, 0.3) is 0 Å². The molecule has 1 unspecified atom stereocenters. The maximum atomic E-state index is 3.55. The largest absolute Gasteiger partial charge is 0.383 e. The van der Waals surface area contributed by atoms with Crippen LogP contribution in [0.15, 0.2) is 48.5 Å². The molecular weight excluding hydrogens is 294 g/mol. The van der Waals surface area contributed by atoms with E-state index in [0.717, 1.165) is 17.1 Å². The van der Waals surface area contributed by atoms with E-state index in [-0.39, 0.29) is 0 Å². The SMILES string of the molecule is CC(C)CC(C)Nc1ccc(Nc2ccc(NC(C)C)cc2)cc1. The Hall–Kier alpha value is -2.16. The van der Waals surface area contributed by atoms with E-state index in [2.05, 4.69) is 99.1 Å². The summed E-state index contributed by atoms with van der Waals surface area (Å²) in [5.74, 6) is 0.710. The second kappa shape index (κ2) is 8.62. The molecule has 130 valence electrons. The first-order valence-corrected chi connectivity index (χ1v) is 8.92. The summed E-state index contributed by atoms with van der Waals surface area (Å²) in [5, 5.41) is 10.4. The summed E-state index contributed by atoms with van der Waals surface area (Å²) in [6.45, 7) is 11.0. The Bertz CT molecular complexity index is 600. The lowest BCUT2D eigenvalue weighted by Gasteiger charge is -2.17. The molecular formula is C21H31N3. The van der Waals surface area contributed by atoms with Crippen molar-refractivity contribution in [3.8, 4) is 0 Å². The first kappa shape index (κ1) is 18.2. The molecule has 2 aromatic carbocycles. The van der Waals surface area contributed by atoms with Gasteiger partial charge in [-0.3, -0.25) is 0 Å². The van der Waals surface area contributed by atoms with Crippen molar-refractivity contribution < 1.29 is 0 Å². The maximum Gasteiger partial charge on any atom is 0.0385 e. The predicted molar refractivity (Wildman–Crippen MR) is 107 cm³/mol. The van der Waals surface area contributed by atoms with E-state index in [4.69, 9.17) is 0 Å². The summed E-state index contributed by atoms with van der Waals surface area (Å²) >= 11 is 0. The number of nitrogens with one attached hydrogen (secondary N) is 3. The Morgan fingerprint density at radius 1 is 0.625 bits per heavy atom. The quantitative estimate of drug-likeness (QED) is 0.549. The molecule has 0 aliphatic rings. The van der Waals surface area contributed by atoms with Crippen LogP contribution in [0.5, 0.6) is 0 Å². The average Bonchev–Trinajstić information content (AvgIpc) is 2.50. The third kappa shape index (κ3) is 6.15. The molecule has 2 aromatic rings. The Labute approximate surface area is 146 Å². The monoisotopic (exact) mass is 325 g/mol. The molecule has 24 heavy (non-hydrogen) atoms. The highest BCUT2D eigenvalue weighted by molar-refractivity contribution is 5.64. The zero-order valence-corrected chi connectivity index (χ0v) is 15.6. The van der Waals surface area contributed by atoms with Crippen LogP contribution in [0.2, 0.25) is 0 Å². The van der Waals surface area contributed by atoms with Crippen LogP contribution in [0.4, 0.5) is 22.7 Å². The fourth-order valence-electron chi connectivity index (χ4n) is 2.85. The minimum absolute atomic E-state index is 0.446.